The average molecular weight is 243 g/mol. The number of nitrogens with two attached hydrogens (primary N) is 1. The lowest BCUT2D eigenvalue weighted by molar-refractivity contribution is 1.27. The van der Waals surface area contributed by atoms with Crippen molar-refractivity contribution >= 4 is 17.4 Å². The van der Waals surface area contributed by atoms with Crippen LogP contribution in [0.15, 0.2) is 47.4 Å². The van der Waals surface area contributed by atoms with Gasteiger partial charge in [0, 0.05) is 16.3 Å². The largest absolute Gasteiger partial charge is 0.399 e. The number of anilines is 1. The minimum atomic E-state index is 0.836. The third-order valence-corrected chi connectivity index (χ3v) is 4.06. The smallest absolute Gasteiger partial charge is 0.0325 e. The minimum absolute atomic E-state index is 0.836. The van der Waals surface area contributed by atoms with Crippen LogP contribution in [-0.2, 0) is 5.75 Å². The van der Waals surface area contributed by atoms with E-state index in [-0.39, 0.29) is 0 Å². The van der Waals surface area contributed by atoms with Crippen LogP contribution in [0.3, 0.4) is 0 Å². The SMILES string of the molecule is Cc1ccccc1CSc1cc(N)ccc1C. The Hall–Kier alpha value is -1.41. The predicted octanol–water partition coefficient (Wildman–Crippen LogP) is 4.18. The number of hydrogen-bond acceptors (Lipinski definition) is 2. The zero-order chi connectivity index (χ0) is 12.3. The van der Waals surface area contributed by atoms with E-state index in [2.05, 4.69) is 50.2 Å². The van der Waals surface area contributed by atoms with Gasteiger partial charge >= 0.3 is 0 Å². The second kappa shape index (κ2) is 5.28. The Morgan fingerprint density at radius 3 is 2.53 bits per heavy atom. The van der Waals surface area contributed by atoms with Gasteiger partial charge in [0.1, 0.15) is 0 Å². The molecule has 0 aliphatic carbocycles. The summed E-state index contributed by atoms with van der Waals surface area (Å²) in [5.41, 5.74) is 10.7. The number of rotatable bonds is 3. The molecule has 0 radical (unpaired) electrons. The summed E-state index contributed by atoms with van der Waals surface area (Å²) in [5, 5.41) is 0. The lowest BCUT2D eigenvalue weighted by Gasteiger charge is -2.08. The Balaban J connectivity index is 2.12. The molecule has 0 aromatic heterocycles. The highest BCUT2D eigenvalue weighted by Crippen LogP contribution is 2.28. The van der Waals surface area contributed by atoms with E-state index in [9.17, 15) is 0 Å². The first kappa shape index (κ1) is 12.1. The van der Waals surface area contributed by atoms with Gasteiger partial charge in [0.25, 0.3) is 0 Å². The van der Waals surface area contributed by atoms with Crippen molar-refractivity contribution in [3.05, 3.63) is 59.2 Å². The first-order valence-electron chi connectivity index (χ1n) is 5.70. The average Bonchev–Trinajstić information content (AvgIpc) is 2.32. The molecule has 1 nitrogen and oxygen atoms in total. The molecule has 0 heterocycles. The summed E-state index contributed by atoms with van der Waals surface area (Å²) in [4.78, 5) is 1.27. The van der Waals surface area contributed by atoms with Gasteiger partial charge in [0.2, 0.25) is 0 Å². The molecule has 0 atom stereocenters. The van der Waals surface area contributed by atoms with Gasteiger partial charge in [0.15, 0.2) is 0 Å². The molecule has 0 aliphatic heterocycles. The van der Waals surface area contributed by atoms with E-state index in [1.807, 2.05) is 17.8 Å². The third kappa shape index (κ3) is 3.04. The van der Waals surface area contributed by atoms with Crippen LogP contribution >= 0.6 is 11.8 Å². The second-order valence-corrected chi connectivity index (χ2v) is 5.26. The van der Waals surface area contributed by atoms with E-state index in [1.54, 1.807) is 0 Å². The molecule has 88 valence electrons. The summed E-state index contributed by atoms with van der Waals surface area (Å²) in [6.45, 7) is 4.28. The lowest BCUT2D eigenvalue weighted by atomic mass is 10.1. The van der Waals surface area contributed by atoms with E-state index < -0.39 is 0 Å². The van der Waals surface area contributed by atoms with E-state index in [1.165, 1.54) is 21.6 Å². The topological polar surface area (TPSA) is 26.0 Å². The number of hydrogen-bond donors (Lipinski definition) is 1. The molecule has 2 rings (SSSR count). The lowest BCUT2D eigenvalue weighted by Crippen LogP contribution is -1.89. The molecule has 0 unspecified atom stereocenters. The third-order valence-electron chi connectivity index (χ3n) is 2.86. The van der Waals surface area contributed by atoms with Crippen molar-refractivity contribution in [2.45, 2.75) is 24.5 Å². The maximum Gasteiger partial charge on any atom is 0.0325 e. The van der Waals surface area contributed by atoms with Crippen LogP contribution in [0.2, 0.25) is 0 Å². The quantitative estimate of drug-likeness (QED) is 0.646. The zero-order valence-electron chi connectivity index (χ0n) is 10.2. The van der Waals surface area contributed by atoms with Gasteiger partial charge in [0.05, 0.1) is 0 Å². The Labute approximate surface area is 107 Å². The van der Waals surface area contributed by atoms with Crippen molar-refractivity contribution in [2.24, 2.45) is 0 Å². The van der Waals surface area contributed by atoms with Crippen LogP contribution in [0.25, 0.3) is 0 Å². The van der Waals surface area contributed by atoms with Gasteiger partial charge in [-0.3, -0.25) is 0 Å². The van der Waals surface area contributed by atoms with Gasteiger partial charge < -0.3 is 5.73 Å². The minimum Gasteiger partial charge on any atom is -0.399 e. The van der Waals surface area contributed by atoms with Gasteiger partial charge in [-0.25, -0.2) is 0 Å². The molecule has 0 saturated heterocycles. The molecule has 2 heteroatoms. The van der Waals surface area contributed by atoms with E-state index in [0.29, 0.717) is 0 Å². The maximum absolute atomic E-state index is 5.81. The van der Waals surface area contributed by atoms with Crippen molar-refractivity contribution < 1.29 is 0 Å². The van der Waals surface area contributed by atoms with E-state index in [0.717, 1.165) is 11.4 Å². The highest BCUT2D eigenvalue weighted by Gasteiger charge is 2.02. The molecular formula is C15H17NS. The molecule has 2 aromatic rings. The normalized spacial score (nSPS) is 10.5. The van der Waals surface area contributed by atoms with Gasteiger partial charge in [-0.2, -0.15) is 0 Å². The Morgan fingerprint density at radius 2 is 1.76 bits per heavy atom. The summed E-state index contributed by atoms with van der Waals surface area (Å²) in [5.74, 6) is 0.997. The molecule has 2 N–H and O–H groups in total. The maximum atomic E-state index is 5.81. The predicted molar refractivity (Wildman–Crippen MR) is 76.3 cm³/mol. The molecule has 17 heavy (non-hydrogen) atoms. The van der Waals surface area contributed by atoms with Crippen LogP contribution in [0.1, 0.15) is 16.7 Å². The zero-order valence-corrected chi connectivity index (χ0v) is 11.1. The van der Waals surface area contributed by atoms with Crippen LogP contribution in [0.5, 0.6) is 0 Å². The molecule has 0 fully saturated rings. The molecular weight excluding hydrogens is 226 g/mol. The standard InChI is InChI=1S/C15H17NS/c1-11-5-3-4-6-13(11)10-17-15-9-14(16)8-7-12(15)2/h3-9H,10,16H2,1-2H3. The van der Waals surface area contributed by atoms with Gasteiger partial charge in [-0.05, 0) is 42.7 Å². The van der Waals surface area contributed by atoms with E-state index in [4.69, 9.17) is 5.73 Å². The van der Waals surface area contributed by atoms with Crippen molar-refractivity contribution in [2.75, 3.05) is 5.73 Å². The van der Waals surface area contributed by atoms with Crippen LogP contribution in [-0.4, -0.2) is 0 Å². The fraction of sp³-hybridized carbons (Fsp3) is 0.200. The van der Waals surface area contributed by atoms with Crippen molar-refractivity contribution in [3.8, 4) is 0 Å². The van der Waals surface area contributed by atoms with Crippen LogP contribution < -0.4 is 5.73 Å². The number of aryl methyl sites for hydroxylation is 2. The summed E-state index contributed by atoms with van der Waals surface area (Å²) in [6, 6.07) is 14.6. The second-order valence-electron chi connectivity index (χ2n) is 4.24. The molecule has 2 aromatic carbocycles. The first-order chi connectivity index (χ1) is 8.16. The highest BCUT2D eigenvalue weighted by atomic mass is 32.2. The fourth-order valence-corrected chi connectivity index (χ4v) is 2.85. The highest BCUT2D eigenvalue weighted by molar-refractivity contribution is 7.98. The van der Waals surface area contributed by atoms with Gasteiger partial charge in [-0.15, -0.1) is 11.8 Å². The molecule has 0 bridgehead atoms. The molecule has 0 aliphatic rings. The fourth-order valence-electron chi connectivity index (χ4n) is 1.70. The van der Waals surface area contributed by atoms with Crippen molar-refractivity contribution in [1.29, 1.82) is 0 Å². The van der Waals surface area contributed by atoms with Crippen LogP contribution in [0, 0.1) is 13.8 Å². The summed E-state index contributed by atoms with van der Waals surface area (Å²) >= 11 is 1.85. The van der Waals surface area contributed by atoms with Crippen LogP contribution in [0.4, 0.5) is 5.69 Å². The monoisotopic (exact) mass is 243 g/mol. The van der Waals surface area contributed by atoms with Gasteiger partial charge in [-0.1, -0.05) is 30.3 Å². The van der Waals surface area contributed by atoms with Crippen molar-refractivity contribution in [1.82, 2.24) is 0 Å². The number of thioether (sulfide) groups is 1. The summed E-state index contributed by atoms with van der Waals surface area (Å²) < 4.78 is 0. The molecule has 0 amide bonds. The number of benzene rings is 2. The molecule has 0 spiro atoms. The Morgan fingerprint density at radius 1 is 1.00 bits per heavy atom. The first-order valence-corrected chi connectivity index (χ1v) is 6.69. The summed E-state index contributed by atoms with van der Waals surface area (Å²) in [7, 11) is 0. The van der Waals surface area contributed by atoms with Crippen molar-refractivity contribution in [3.63, 3.8) is 0 Å². The Kier molecular flexibility index (Phi) is 3.75. The van der Waals surface area contributed by atoms with E-state index >= 15 is 0 Å². The Bertz CT molecular complexity index is 520. The molecule has 0 saturated carbocycles. The number of nitrogen functional groups attached to an aromatic ring is 1. The summed E-state index contributed by atoms with van der Waals surface area (Å²) in [6.07, 6.45) is 0.